The molecular weight excluding hydrogens is 441 g/mol. The van der Waals surface area contributed by atoms with Gasteiger partial charge >= 0.3 is 0 Å². The van der Waals surface area contributed by atoms with Crippen molar-refractivity contribution in [1.29, 1.82) is 0 Å². The number of hydrogen-bond acceptors (Lipinski definition) is 3. The van der Waals surface area contributed by atoms with E-state index >= 15 is 0 Å². The van der Waals surface area contributed by atoms with E-state index in [0.717, 1.165) is 30.2 Å². The number of benzene rings is 2. The number of hydrogen-bond donors (Lipinski definition) is 0. The number of amides is 2. The average Bonchev–Trinajstić information content (AvgIpc) is 2.83. The first-order valence-electron chi connectivity index (χ1n) is 10.8. The predicted octanol–water partition coefficient (Wildman–Crippen LogP) is 5.26. The van der Waals surface area contributed by atoms with Crippen LogP contribution in [0.5, 0.6) is 0 Å². The Bertz CT molecular complexity index is 1190. The number of halogens is 2. The lowest BCUT2D eigenvalue weighted by Gasteiger charge is -2.32. The van der Waals surface area contributed by atoms with Gasteiger partial charge in [-0.25, -0.2) is 4.39 Å². The van der Waals surface area contributed by atoms with Crippen molar-refractivity contribution in [3.8, 4) is 11.1 Å². The molecule has 2 amide bonds. The molecule has 0 saturated carbocycles. The van der Waals surface area contributed by atoms with Gasteiger partial charge < -0.3 is 9.80 Å². The average molecular weight is 466 g/mol. The van der Waals surface area contributed by atoms with Gasteiger partial charge in [0.05, 0.1) is 22.3 Å². The van der Waals surface area contributed by atoms with Crippen LogP contribution in [0.1, 0.15) is 45.0 Å². The van der Waals surface area contributed by atoms with E-state index in [4.69, 9.17) is 11.6 Å². The maximum atomic E-state index is 13.4. The molecule has 0 atom stereocenters. The fraction of sp³-hybridized carbons (Fsp3) is 0.269. The van der Waals surface area contributed by atoms with E-state index in [2.05, 4.69) is 17.1 Å². The zero-order valence-electron chi connectivity index (χ0n) is 18.6. The van der Waals surface area contributed by atoms with Crippen LogP contribution >= 0.6 is 11.6 Å². The van der Waals surface area contributed by atoms with Crippen molar-refractivity contribution in [3.05, 3.63) is 88.5 Å². The molecule has 0 unspecified atom stereocenters. The van der Waals surface area contributed by atoms with E-state index < -0.39 is 5.82 Å². The molecule has 1 aliphatic heterocycles. The molecule has 4 rings (SSSR count). The highest BCUT2D eigenvalue weighted by molar-refractivity contribution is 6.34. The normalized spacial score (nSPS) is 14.2. The second-order valence-corrected chi connectivity index (χ2v) is 8.89. The van der Waals surface area contributed by atoms with Crippen molar-refractivity contribution in [2.24, 2.45) is 0 Å². The first-order chi connectivity index (χ1) is 15.8. The SMILES string of the molecule is CN(C)C(=O)c1ccc(-c2cccc(C3CCN(C(=O)c4cncc(F)c4)CC3)c2)cc1Cl. The van der Waals surface area contributed by atoms with Gasteiger partial charge in [0.1, 0.15) is 5.82 Å². The Hall–Kier alpha value is -3.25. The molecule has 5 nitrogen and oxygen atoms in total. The van der Waals surface area contributed by atoms with Gasteiger partial charge in [-0.2, -0.15) is 0 Å². The second-order valence-electron chi connectivity index (χ2n) is 8.48. The number of aromatic nitrogens is 1. The Balaban J connectivity index is 1.46. The van der Waals surface area contributed by atoms with Gasteiger partial charge in [-0.15, -0.1) is 0 Å². The molecule has 0 radical (unpaired) electrons. The number of likely N-dealkylation sites (tertiary alicyclic amines) is 1. The second kappa shape index (κ2) is 9.71. The molecule has 170 valence electrons. The van der Waals surface area contributed by atoms with Crippen LogP contribution < -0.4 is 0 Å². The van der Waals surface area contributed by atoms with E-state index in [1.165, 1.54) is 22.7 Å². The summed E-state index contributed by atoms with van der Waals surface area (Å²) in [5.74, 6) is -0.497. The van der Waals surface area contributed by atoms with Crippen LogP contribution in [0.15, 0.2) is 60.9 Å². The summed E-state index contributed by atoms with van der Waals surface area (Å²) in [5.41, 5.74) is 3.94. The summed E-state index contributed by atoms with van der Waals surface area (Å²) in [5, 5.41) is 0.426. The summed E-state index contributed by atoms with van der Waals surface area (Å²) < 4.78 is 13.4. The van der Waals surface area contributed by atoms with E-state index in [-0.39, 0.29) is 17.4 Å². The quantitative estimate of drug-likeness (QED) is 0.528. The van der Waals surface area contributed by atoms with E-state index in [1.807, 2.05) is 24.3 Å². The fourth-order valence-corrected chi connectivity index (χ4v) is 4.47. The maximum absolute atomic E-state index is 13.4. The first-order valence-corrected chi connectivity index (χ1v) is 11.2. The number of rotatable bonds is 4. The highest BCUT2D eigenvalue weighted by atomic mass is 35.5. The Morgan fingerprint density at radius 3 is 2.42 bits per heavy atom. The minimum Gasteiger partial charge on any atom is -0.345 e. The third kappa shape index (κ3) is 5.06. The molecule has 1 aromatic heterocycles. The number of piperidine rings is 1. The van der Waals surface area contributed by atoms with Gasteiger partial charge in [-0.3, -0.25) is 14.6 Å². The minimum atomic E-state index is -0.508. The summed E-state index contributed by atoms with van der Waals surface area (Å²) in [7, 11) is 3.40. The van der Waals surface area contributed by atoms with Gasteiger partial charge in [0, 0.05) is 33.4 Å². The molecule has 0 N–H and O–H groups in total. The first kappa shape index (κ1) is 22.9. The predicted molar refractivity (Wildman–Crippen MR) is 127 cm³/mol. The van der Waals surface area contributed by atoms with E-state index in [1.54, 1.807) is 25.1 Å². The van der Waals surface area contributed by atoms with Crippen LogP contribution in [0, 0.1) is 5.82 Å². The summed E-state index contributed by atoms with van der Waals surface area (Å²) in [6.45, 7) is 1.22. The standard InChI is InChI=1S/C26H25ClFN3O2/c1-30(2)26(33)23-7-6-20(14-24(23)27)19-5-3-4-18(12-19)17-8-10-31(11-9-17)25(32)21-13-22(28)16-29-15-21/h3-7,12-17H,8-11H2,1-2H3. The molecule has 2 heterocycles. The van der Waals surface area contributed by atoms with Crippen LogP contribution in [0.25, 0.3) is 11.1 Å². The maximum Gasteiger partial charge on any atom is 0.255 e. The highest BCUT2D eigenvalue weighted by Crippen LogP contribution is 2.33. The minimum absolute atomic E-state index is 0.129. The topological polar surface area (TPSA) is 53.5 Å². The molecular formula is C26H25ClFN3O2. The van der Waals surface area contributed by atoms with Crippen molar-refractivity contribution >= 4 is 23.4 Å². The molecule has 1 aliphatic rings. The molecule has 2 aromatic carbocycles. The van der Waals surface area contributed by atoms with E-state index in [0.29, 0.717) is 29.6 Å². The van der Waals surface area contributed by atoms with Crippen molar-refractivity contribution in [2.45, 2.75) is 18.8 Å². The van der Waals surface area contributed by atoms with Crippen LogP contribution in [-0.4, -0.2) is 53.8 Å². The molecule has 7 heteroatoms. The van der Waals surface area contributed by atoms with Crippen LogP contribution in [0.4, 0.5) is 4.39 Å². The van der Waals surface area contributed by atoms with E-state index in [9.17, 15) is 14.0 Å². The Morgan fingerprint density at radius 2 is 1.76 bits per heavy atom. The zero-order valence-corrected chi connectivity index (χ0v) is 19.3. The summed E-state index contributed by atoms with van der Waals surface area (Å²) in [6, 6.07) is 15.0. The summed E-state index contributed by atoms with van der Waals surface area (Å²) >= 11 is 6.40. The lowest BCUT2D eigenvalue weighted by Crippen LogP contribution is -2.38. The third-order valence-corrected chi connectivity index (χ3v) is 6.34. The van der Waals surface area contributed by atoms with Gasteiger partial charge in [0.2, 0.25) is 0 Å². The smallest absolute Gasteiger partial charge is 0.255 e. The monoisotopic (exact) mass is 465 g/mol. The third-order valence-electron chi connectivity index (χ3n) is 6.03. The molecule has 1 fully saturated rings. The fourth-order valence-electron chi connectivity index (χ4n) is 4.21. The summed E-state index contributed by atoms with van der Waals surface area (Å²) in [6.07, 6.45) is 4.16. The molecule has 0 spiro atoms. The molecule has 3 aromatic rings. The number of carbonyl (C=O) groups excluding carboxylic acids is 2. The molecule has 33 heavy (non-hydrogen) atoms. The zero-order chi connectivity index (χ0) is 23.5. The van der Waals surface area contributed by atoms with Crippen molar-refractivity contribution in [1.82, 2.24) is 14.8 Å². The van der Waals surface area contributed by atoms with Gasteiger partial charge in [0.25, 0.3) is 11.8 Å². The van der Waals surface area contributed by atoms with Gasteiger partial charge in [-0.1, -0.05) is 41.9 Å². The van der Waals surface area contributed by atoms with Crippen LogP contribution in [0.2, 0.25) is 5.02 Å². The largest absolute Gasteiger partial charge is 0.345 e. The van der Waals surface area contributed by atoms with Crippen LogP contribution in [0.3, 0.4) is 0 Å². The van der Waals surface area contributed by atoms with Crippen molar-refractivity contribution in [3.63, 3.8) is 0 Å². The number of carbonyl (C=O) groups is 2. The lowest BCUT2D eigenvalue weighted by molar-refractivity contribution is 0.0711. The Labute approximate surface area is 197 Å². The van der Waals surface area contributed by atoms with Gasteiger partial charge in [0.15, 0.2) is 0 Å². The van der Waals surface area contributed by atoms with Crippen molar-refractivity contribution in [2.75, 3.05) is 27.2 Å². The number of nitrogens with zero attached hydrogens (tertiary/aromatic N) is 3. The van der Waals surface area contributed by atoms with Crippen molar-refractivity contribution < 1.29 is 14.0 Å². The highest BCUT2D eigenvalue weighted by Gasteiger charge is 2.25. The Kier molecular flexibility index (Phi) is 6.75. The lowest BCUT2D eigenvalue weighted by atomic mass is 9.87. The summed E-state index contributed by atoms with van der Waals surface area (Å²) in [4.78, 5) is 32.0. The Morgan fingerprint density at radius 1 is 1.03 bits per heavy atom. The van der Waals surface area contributed by atoms with Crippen LogP contribution in [-0.2, 0) is 0 Å². The van der Waals surface area contributed by atoms with Gasteiger partial charge in [-0.05, 0) is 53.6 Å². The molecule has 1 saturated heterocycles. The molecule has 0 aliphatic carbocycles. The molecule has 0 bridgehead atoms. The number of pyridine rings is 1.